The Bertz CT molecular complexity index is 1150. The van der Waals surface area contributed by atoms with Gasteiger partial charge in [-0.15, -0.1) is 0 Å². The van der Waals surface area contributed by atoms with Crippen LogP contribution in [0, 0.1) is 5.92 Å². The molecule has 1 aliphatic heterocycles. The molecule has 0 radical (unpaired) electrons. The second-order valence-electron chi connectivity index (χ2n) is 8.48. The summed E-state index contributed by atoms with van der Waals surface area (Å²) < 4.78 is 1.81. The van der Waals surface area contributed by atoms with Crippen LogP contribution in [0.2, 0.25) is 0 Å². The predicted octanol–water partition coefficient (Wildman–Crippen LogP) is 3.66. The van der Waals surface area contributed by atoms with E-state index >= 15 is 0 Å². The van der Waals surface area contributed by atoms with Crippen LogP contribution in [0.25, 0.3) is 11.0 Å². The number of nitrogens with zero attached hydrogens (tertiary/aromatic N) is 4. The molecule has 2 aromatic heterocycles. The van der Waals surface area contributed by atoms with Crippen LogP contribution in [0.3, 0.4) is 0 Å². The molecule has 3 amide bonds. The average molecular weight is 419 g/mol. The van der Waals surface area contributed by atoms with Crippen molar-refractivity contribution in [3.05, 3.63) is 53.9 Å². The molecule has 1 unspecified atom stereocenters. The molecule has 1 atom stereocenters. The van der Waals surface area contributed by atoms with Crippen molar-refractivity contribution in [1.29, 1.82) is 0 Å². The maximum atomic E-state index is 13.2. The number of hydrogen-bond acceptors (Lipinski definition) is 5. The Morgan fingerprint density at radius 3 is 2.26 bits per heavy atom. The molecule has 160 valence electrons. The third kappa shape index (κ3) is 3.69. The summed E-state index contributed by atoms with van der Waals surface area (Å²) in [5, 5.41) is 7.98. The van der Waals surface area contributed by atoms with Crippen molar-refractivity contribution < 1.29 is 14.4 Å². The van der Waals surface area contributed by atoms with Gasteiger partial charge in [0.1, 0.15) is 6.04 Å². The van der Waals surface area contributed by atoms with Gasteiger partial charge in [-0.05, 0) is 44.4 Å². The van der Waals surface area contributed by atoms with Gasteiger partial charge in [-0.2, -0.15) is 5.10 Å². The molecule has 3 aromatic rings. The van der Waals surface area contributed by atoms with Gasteiger partial charge in [-0.1, -0.05) is 26.0 Å². The number of rotatable bonds is 6. The molecule has 1 aliphatic rings. The van der Waals surface area contributed by atoms with Gasteiger partial charge in [0.15, 0.2) is 5.65 Å². The fourth-order valence-corrected chi connectivity index (χ4v) is 3.88. The lowest BCUT2D eigenvalue weighted by Gasteiger charge is -2.26. The molecular formula is C23H25N5O3. The number of fused-ring (bicyclic) bond motifs is 2. The smallest absolute Gasteiger partial charge is 0.262 e. The molecule has 0 spiro atoms. The van der Waals surface area contributed by atoms with E-state index in [1.54, 1.807) is 47.4 Å². The van der Waals surface area contributed by atoms with E-state index in [-0.39, 0.29) is 12.0 Å². The zero-order valence-electron chi connectivity index (χ0n) is 18.0. The fourth-order valence-electron chi connectivity index (χ4n) is 3.88. The van der Waals surface area contributed by atoms with E-state index in [0.29, 0.717) is 23.2 Å². The van der Waals surface area contributed by atoms with Crippen molar-refractivity contribution in [2.24, 2.45) is 5.92 Å². The van der Waals surface area contributed by atoms with Crippen molar-refractivity contribution in [3.63, 3.8) is 0 Å². The van der Waals surface area contributed by atoms with E-state index in [1.807, 2.05) is 27.7 Å². The first-order valence-corrected chi connectivity index (χ1v) is 10.4. The number of anilines is 1. The zero-order chi connectivity index (χ0) is 22.3. The van der Waals surface area contributed by atoms with Crippen molar-refractivity contribution >= 4 is 34.4 Å². The lowest BCUT2D eigenvalue weighted by Crippen LogP contribution is -2.47. The van der Waals surface area contributed by atoms with Gasteiger partial charge in [0.25, 0.3) is 11.8 Å². The topological polar surface area (TPSA) is 97.2 Å². The molecule has 0 fully saturated rings. The number of hydrogen-bond donors (Lipinski definition) is 1. The Labute approximate surface area is 180 Å². The molecule has 0 saturated heterocycles. The van der Waals surface area contributed by atoms with Gasteiger partial charge in [0, 0.05) is 11.4 Å². The number of aromatic nitrogens is 3. The standard InChI is InChI=1S/C23H25N5O3/c1-13(2)9-19(27-22(30)17-7-5-6-8-18(17)23(27)31)21(29)26-16-10-15-11-25-28(14(3)4)20(15)24-12-16/h5-8,10-14,19H,9H2,1-4H3,(H,26,29). The normalized spacial score (nSPS) is 14.6. The first-order valence-electron chi connectivity index (χ1n) is 10.4. The maximum Gasteiger partial charge on any atom is 0.262 e. The number of carbonyl (C=O) groups is 3. The van der Waals surface area contributed by atoms with Crippen LogP contribution in [0.4, 0.5) is 5.69 Å². The Balaban J connectivity index is 1.62. The second kappa shape index (κ2) is 7.94. The third-order valence-corrected chi connectivity index (χ3v) is 5.32. The summed E-state index contributed by atoms with van der Waals surface area (Å²) in [5.74, 6) is -1.19. The van der Waals surface area contributed by atoms with Gasteiger partial charge in [-0.25, -0.2) is 9.67 Å². The van der Waals surface area contributed by atoms with Crippen molar-refractivity contribution in [1.82, 2.24) is 19.7 Å². The Hall–Kier alpha value is -3.55. The molecule has 0 bridgehead atoms. The Morgan fingerprint density at radius 1 is 1.03 bits per heavy atom. The van der Waals surface area contributed by atoms with Crippen LogP contribution in [0.15, 0.2) is 42.7 Å². The number of pyridine rings is 1. The van der Waals surface area contributed by atoms with Gasteiger partial charge in [-0.3, -0.25) is 19.3 Å². The number of amides is 3. The van der Waals surface area contributed by atoms with Crippen molar-refractivity contribution in [2.45, 2.75) is 46.2 Å². The largest absolute Gasteiger partial charge is 0.323 e. The van der Waals surface area contributed by atoms with E-state index in [9.17, 15) is 14.4 Å². The first-order chi connectivity index (χ1) is 14.8. The summed E-state index contributed by atoms with van der Waals surface area (Å²) in [6, 6.07) is 7.69. The van der Waals surface area contributed by atoms with E-state index in [0.717, 1.165) is 15.9 Å². The molecule has 0 saturated carbocycles. The van der Waals surface area contributed by atoms with Crippen LogP contribution >= 0.6 is 0 Å². The van der Waals surface area contributed by atoms with Gasteiger partial charge >= 0.3 is 0 Å². The molecule has 8 heteroatoms. The lowest BCUT2D eigenvalue weighted by atomic mass is 10.0. The van der Waals surface area contributed by atoms with Gasteiger partial charge in [0.05, 0.1) is 29.2 Å². The summed E-state index contributed by atoms with van der Waals surface area (Å²) in [7, 11) is 0. The molecule has 31 heavy (non-hydrogen) atoms. The van der Waals surface area contributed by atoms with Crippen LogP contribution in [-0.2, 0) is 4.79 Å². The quantitative estimate of drug-likeness (QED) is 0.615. The van der Waals surface area contributed by atoms with E-state index in [1.165, 1.54) is 0 Å². The highest BCUT2D eigenvalue weighted by Crippen LogP contribution is 2.28. The van der Waals surface area contributed by atoms with Crippen molar-refractivity contribution in [3.8, 4) is 0 Å². The Kier molecular flexibility index (Phi) is 5.31. The highest BCUT2D eigenvalue weighted by molar-refractivity contribution is 6.23. The van der Waals surface area contributed by atoms with Crippen molar-refractivity contribution in [2.75, 3.05) is 5.32 Å². The number of nitrogens with one attached hydrogen (secondary N) is 1. The maximum absolute atomic E-state index is 13.2. The first kappa shape index (κ1) is 20.7. The minimum atomic E-state index is -0.915. The summed E-state index contributed by atoms with van der Waals surface area (Å²) in [6.45, 7) is 7.93. The number of imide groups is 1. The second-order valence-corrected chi connectivity index (χ2v) is 8.48. The number of carbonyl (C=O) groups excluding carboxylic acids is 3. The molecule has 4 rings (SSSR count). The van der Waals surface area contributed by atoms with E-state index < -0.39 is 23.8 Å². The molecule has 8 nitrogen and oxygen atoms in total. The average Bonchev–Trinajstić information content (AvgIpc) is 3.26. The van der Waals surface area contributed by atoms with Crippen LogP contribution < -0.4 is 5.32 Å². The highest BCUT2D eigenvalue weighted by Gasteiger charge is 2.42. The summed E-state index contributed by atoms with van der Waals surface area (Å²) in [6.07, 6.45) is 3.63. The minimum Gasteiger partial charge on any atom is -0.323 e. The zero-order valence-corrected chi connectivity index (χ0v) is 18.0. The monoisotopic (exact) mass is 419 g/mol. The van der Waals surface area contributed by atoms with Crippen LogP contribution in [0.1, 0.15) is 60.9 Å². The minimum absolute atomic E-state index is 0.102. The summed E-state index contributed by atoms with van der Waals surface area (Å²) >= 11 is 0. The SMILES string of the molecule is CC(C)CC(C(=O)Nc1cnc2c(cnn2C(C)C)c1)N1C(=O)c2ccccc2C1=O. The van der Waals surface area contributed by atoms with E-state index in [2.05, 4.69) is 15.4 Å². The predicted molar refractivity (Wildman–Crippen MR) is 117 cm³/mol. The lowest BCUT2D eigenvalue weighted by molar-refractivity contribution is -0.120. The van der Waals surface area contributed by atoms with Crippen LogP contribution in [-0.4, -0.2) is 43.4 Å². The van der Waals surface area contributed by atoms with Crippen LogP contribution in [0.5, 0.6) is 0 Å². The molecule has 1 aromatic carbocycles. The van der Waals surface area contributed by atoms with E-state index in [4.69, 9.17) is 0 Å². The third-order valence-electron chi connectivity index (χ3n) is 5.32. The summed E-state index contributed by atoms with van der Waals surface area (Å²) in [4.78, 5) is 44.6. The van der Waals surface area contributed by atoms with Gasteiger partial charge < -0.3 is 5.32 Å². The fraction of sp³-hybridized carbons (Fsp3) is 0.348. The summed E-state index contributed by atoms with van der Waals surface area (Å²) in [5.41, 5.74) is 1.88. The molecule has 3 heterocycles. The molecular weight excluding hydrogens is 394 g/mol. The van der Waals surface area contributed by atoms with Gasteiger partial charge in [0.2, 0.25) is 5.91 Å². The molecule has 0 aliphatic carbocycles. The highest BCUT2D eigenvalue weighted by atomic mass is 16.2. The number of benzene rings is 1. The Morgan fingerprint density at radius 2 is 1.68 bits per heavy atom. The molecule has 1 N–H and O–H groups in total.